The number of nitrogens with zero attached hydrogens (tertiary/aromatic N) is 5. The molecule has 0 radical (unpaired) electrons. The number of piperidine rings is 1. The van der Waals surface area contributed by atoms with Crippen molar-refractivity contribution < 1.29 is 4.79 Å². The van der Waals surface area contributed by atoms with Crippen molar-refractivity contribution in [2.45, 2.75) is 25.3 Å². The van der Waals surface area contributed by atoms with E-state index in [1.807, 2.05) is 72.8 Å². The lowest BCUT2D eigenvalue weighted by atomic mass is 10.0. The lowest BCUT2D eigenvalue weighted by Crippen LogP contribution is -2.47. The first kappa shape index (κ1) is 19.2. The zero-order valence-corrected chi connectivity index (χ0v) is 17.2. The average Bonchev–Trinajstić information content (AvgIpc) is 3.27. The number of nitrogens with one attached hydrogen (secondary N) is 1. The van der Waals surface area contributed by atoms with Crippen molar-refractivity contribution in [3.8, 4) is 11.4 Å². The third-order valence-corrected chi connectivity index (χ3v) is 5.74. The van der Waals surface area contributed by atoms with Crippen LogP contribution in [0.25, 0.3) is 17.0 Å². The molecule has 1 amide bonds. The minimum Gasteiger partial charge on any atom is -0.350 e. The number of aromatic nitrogens is 4. The van der Waals surface area contributed by atoms with E-state index in [1.54, 1.807) is 4.52 Å². The molecule has 7 heteroatoms. The predicted molar refractivity (Wildman–Crippen MR) is 120 cm³/mol. The molecule has 1 aliphatic heterocycles. The number of hydrogen-bond acceptors (Lipinski definition) is 5. The molecule has 1 aliphatic rings. The highest BCUT2D eigenvalue weighted by molar-refractivity contribution is 5.94. The summed E-state index contributed by atoms with van der Waals surface area (Å²) in [5.74, 6) is 1.56. The number of amides is 1. The fraction of sp³-hybridized carbons (Fsp3) is 0.250. The topological polar surface area (TPSA) is 75.4 Å². The molecule has 0 bridgehead atoms. The van der Waals surface area contributed by atoms with Crippen LogP contribution in [0.15, 0.2) is 72.8 Å². The summed E-state index contributed by atoms with van der Waals surface area (Å²) in [4.78, 5) is 14.8. The van der Waals surface area contributed by atoms with E-state index in [0.29, 0.717) is 17.8 Å². The SMILES string of the molecule is O=C(NCC1CCCCN1c1ccc2nnc(-c3ccccc3)n2n1)c1ccccc1. The molecule has 0 aliphatic carbocycles. The van der Waals surface area contributed by atoms with Gasteiger partial charge in [-0.1, -0.05) is 48.5 Å². The molecule has 5 rings (SSSR count). The smallest absolute Gasteiger partial charge is 0.251 e. The molecule has 31 heavy (non-hydrogen) atoms. The molecule has 0 spiro atoms. The van der Waals surface area contributed by atoms with Gasteiger partial charge in [0.15, 0.2) is 11.5 Å². The second-order valence-corrected chi connectivity index (χ2v) is 7.77. The lowest BCUT2D eigenvalue weighted by molar-refractivity contribution is 0.0949. The minimum absolute atomic E-state index is 0.0419. The maximum atomic E-state index is 12.5. The highest BCUT2D eigenvalue weighted by atomic mass is 16.1. The van der Waals surface area contributed by atoms with E-state index in [4.69, 9.17) is 5.10 Å². The molecule has 1 fully saturated rings. The van der Waals surface area contributed by atoms with Gasteiger partial charge in [-0.2, -0.15) is 4.52 Å². The van der Waals surface area contributed by atoms with E-state index >= 15 is 0 Å². The zero-order valence-electron chi connectivity index (χ0n) is 17.2. The third-order valence-electron chi connectivity index (χ3n) is 5.74. The molecule has 0 saturated carbocycles. The average molecular weight is 412 g/mol. The van der Waals surface area contributed by atoms with E-state index in [0.717, 1.165) is 43.0 Å². The van der Waals surface area contributed by atoms with Gasteiger partial charge < -0.3 is 10.2 Å². The second kappa shape index (κ2) is 8.55. The molecular weight excluding hydrogens is 388 g/mol. The first-order chi connectivity index (χ1) is 15.3. The van der Waals surface area contributed by atoms with Crippen molar-refractivity contribution in [2.24, 2.45) is 0 Å². The Hall–Kier alpha value is -3.74. The summed E-state index contributed by atoms with van der Waals surface area (Å²) in [5, 5.41) is 16.6. The summed E-state index contributed by atoms with van der Waals surface area (Å²) in [6, 6.07) is 23.4. The van der Waals surface area contributed by atoms with Gasteiger partial charge in [0.2, 0.25) is 0 Å². The van der Waals surface area contributed by atoms with Crippen molar-refractivity contribution >= 4 is 17.4 Å². The maximum Gasteiger partial charge on any atom is 0.251 e. The minimum atomic E-state index is -0.0419. The van der Waals surface area contributed by atoms with Crippen LogP contribution in [0.5, 0.6) is 0 Å². The highest BCUT2D eigenvalue weighted by Crippen LogP contribution is 2.25. The summed E-state index contributed by atoms with van der Waals surface area (Å²) in [6.45, 7) is 1.49. The molecule has 1 N–H and O–H groups in total. The van der Waals surface area contributed by atoms with Crippen LogP contribution in [0.1, 0.15) is 29.6 Å². The van der Waals surface area contributed by atoms with Gasteiger partial charge in [-0.3, -0.25) is 4.79 Å². The van der Waals surface area contributed by atoms with Crippen LogP contribution in [0.2, 0.25) is 0 Å². The summed E-state index contributed by atoms with van der Waals surface area (Å²) in [7, 11) is 0. The van der Waals surface area contributed by atoms with Crippen LogP contribution in [0.3, 0.4) is 0 Å². The Kier molecular flexibility index (Phi) is 5.31. The summed E-state index contributed by atoms with van der Waals surface area (Å²) in [5.41, 5.74) is 2.37. The van der Waals surface area contributed by atoms with Gasteiger partial charge >= 0.3 is 0 Å². The van der Waals surface area contributed by atoms with Gasteiger partial charge in [0.1, 0.15) is 5.82 Å². The fourth-order valence-electron chi connectivity index (χ4n) is 4.12. The number of fused-ring (bicyclic) bond motifs is 1. The molecule has 1 unspecified atom stereocenters. The van der Waals surface area contributed by atoms with Crippen molar-refractivity contribution in [2.75, 3.05) is 18.0 Å². The van der Waals surface area contributed by atoms with Crippen molar-refractivity contribution in [3.05, 3.63) is 78.4 Å². The number of carbonyl (C=O) groups excluding carboxylic acids is 1. The Morgan fingerprint density at radius 1 is 0.935 bits per heavy atom. The van der Waals surface area contributed by atoms with Crippen molar-refractivity contribution in [1.82, 2.24) is 25.1 Å². The Balaban J connectivity index is 1.39. The molecule has 1 saturated heterocycles. The second-order valence-electron chi connectivity index (χ2n) is 7.77. The quantitative estimate of drug-likeness (QED) is 0.542. The van der Waals surface area contributed by atoms with Gasteiger partial charge in [-0.05, 0) is 43.5 Å². The normalized spacial score (nSPS) is 16.4. The Morgan fingerprint density at radius 2 is 1.71 bits per heavy atom. The Labute approximate surface area is 180 Å². The maximum absolute atomic E-state index is 12.5. The lowest BCUT2D eigenvalue weighted by Gasteiger charge is -2.36. The molecular formula is C24H24N6O. The van der Waals surface area contributed by atoms with Crippen LogP contribution in [-0.4, -0.2) is 44.8 Å². The molecule has 3 heterocycles. The van der Waals surface area contributed by atoms with Crippen LogP contribution >= 0.6 is 0 Å². The number of anilines is 1. The Morgan fingerprint density at radius 3 is 2.52 bits per heavy atom. The summed E-state index contributed by atoms with van der Waals surface area (Å²) < 4.78 is 1.80. The fourth-order valence-corrected chi connectivity index (χ4v) is 4.12. The molecule has 2 aromatic carbocycles. The van der Waals surface area contributed by atoms with Crippen LogP contribution in [0, 0.1) is 0 Å². The van der Waals surface area contributed by atoms with Crippen LogP contribution in [0.4, 0.5) is 5.82 Å². The van der Waals surface area contributed by atoms with E-state index < -0.39 is 0 Å². The van der Waals surface area contributed by atoms with E-state index in [2.05, 4.69) is 20.4 Å². The monoisotopic (exact) mass is 412 g/mol. The van der Waals surface area contributed by atoms with E-state index in [9.17, 15) is 4.79 Å². The first-order valence-electron chi connectivity index (χ1n) is 10.7. The number of hydrogen-bond donors (Lipinski definition) is 1. The molecule has 2 aromatic heterocycles. The number of benzene rings is 2. The molecule has 1 atom stereocenters. The van der Waals surface area contributed by atoms with Gasteiger partial charge in [-0.25, -0.2) is 0 Å². The standard InChI is InChI=1S/C24H24N6O/c31-24(19-11-5-2-6-12-19)25-17-20-13-7-8-16-29(20)22-15-14-21-26-27-23(30(21)28-22)18-9-3-1-4-10-18/h1-6,9-12,14-15,20H,7-8,13,16-17H2,(H,25,31). The summed E-state index contributed by atoms with van der Waals surface area (Å²) in [6.07, 6.45) is 3.27. The van der Waals surface area contributed by atoms with Crippen LogP contribution in [-0.2, 0) is 0 Å². The van der Waals surface area contributed by atoms with Crippen molar-refractivity contribution in [1.29, 1.82) is 0 Å². The first-order valence-corrected chi connectivity index (χ1v) is 10.7. The van der Waals surface area contributed by atoms with Crippen LogP contribution < -0.4 is 10.2 Å². The molecule has 156 valence electrons. The number of carbonyl (C=O) groups is 1. The van der Waals surface area contributed by atoms with Crippen molar-refractivity contribution in [3.63, 3.8) is 0 Å². The zero-order chi connectivity index (χ0) is 21.0. The molecule has 7 nitrogen and oxygen atoms in total. The van der Waals surface area contributed by atoms with Gasteiger partial charge in [0.25, 0.3) is 5.91 Å². The van der Waals surface area contributed by atoms with Gasteiger partial charge in [0.05, 0.1) is 0 Å². The largest absolute Gasteiger partial charge is 0.350 e. The van der Waals surface area contributed by atoms with E-state index in [1.165, 1.54) is 0 Å². The van der Waals surface area contributed by atoms with Gasteiger partial charge in [-0.15, -0.1) is 15.3 Å². The number of rotatable bonds is 5. The van der Waals surface area contributed by atoms with E-state index in [-0.39, 0.29) is 11.9 Å². The Bertz CT molecular complexity index is 1170. The van der Waals surface area contributed by atoms with Gasteiger partial charge in [0, 0.05) is 30.3 Å². The third kappa shape index (κ3) is 3.99. The summed E-state index contributed by atoms with van der Waals surface area (Å²) >= 11 is 0. The highest BCUT2D eigenvalue weighted by Gasteiger charge is 2.25. The predicted octanol–water partition coefficient (Wildman–Crippen LogP) is 3.58. The molecule has 4 aromatic rings.